The molecule has 0 heterocycles. The molecule has 0 aliphatic rings. The zero-order valence-electron chi connectivity index (χ0n) is 11.8. The molecule has 3 nitrogen and oxygen atoms in total. The Bertz CT molecular complexity index is 657. The molecule has 0 bridgehead atoms. The lowest BCUT2D eigenvalue weighted by Gasteiger charge is -2.13. The number of hydrogen-bond donors (Lipinski definition) is 2. The van der Waals surface area contributed by atoms with Crippen molar-refractivity contribution in [3.8, 4) is 0 Å². The number of carbonyl (C=O) groups is 1. The Hall–Kier alpha value is -1.81. The summed E-state index contributed by atoms with van der Waals surface area (Å²) in [5.74, 6) is -0.128. The fraction of sp³-hybridized carbons (Fsp3) is 0.188. The first-order valence-electron chi connectivity index (χ1n) is 6.32. The third-order valence-electron chi connectivity index (χ3n) is 3.16. The van der Waals surface area contributed by atoms with Crippen LogP contribution in [0, 0.1) is 20.8 Å². The van der Waals surface area contributed by atoms with Gasteiger partial charge < -0.3 is 11.1 Å². The average molecular weight is 333 g/mol. The standard InChI is InChI=1S/C16H17BrN2O/c1-9-4-5-14(17)13(6-9)16(20)19-15-10(2)7-12(18)8-11(15)3/h4-8H,18H2,1-3H3,(H,19,20). The highest BCUT2D eigenvalue weighted by Crippen LogP contribution is 2.25. The number of carbonyl (C=O) groups excluding carboxylic acids is 1. The third kappa shape index (κ3) is 3.02. The van der Waals surface area contributed by atoms with Gasteiger partial charge in [-0.05, 0) is 72.1 Å². The zero-order chi connectivity index (χ0) is 14.9. The van der Waals surface area contributed by atoms with Crippen molar-refractivity contribution in [1.82, 2.24) is 0 Å². The summed E-state index contributed by atoms with van der Waals surface area (Å²) in [4.78, 5) is 12.4. The van der Waals surface area contributed by atoms with Crippen LogP contribution in [0.1, 0.15) is 27.0 Å². The lowest BCUT2D eigenvalue weighted by atomic mass is 10.1. The van der Waals surface area contributed by atoms with Crippen LogP contribution in [-0.4, -0.2) is 5.91 Å². The molecule has 1 amide bonds. The molecular weight excluding hydrogens is 316 g/mol. The van der Waals surface area contributed by atoms with Gasteiger partial charge in [0.2, 0.25) is 0 Å². The van der Waals surface area contributed by atoms with E-state index in [1.54, 1.807) is 0 Å². The largest absolute Gasteiger partial charge is 0.399 e. The quantitative estimate of drug-likeness (QED) is 0.809. The van der Waals surface area contributed by atoms with Crippen LogP contribution in [0.2, 0.25) is 0 Å². The number of hydrogen-bond acceptors (Lipinski definition) is 2. The van der Waals surface area contributed by atoms with Gasteiger partial charge in [-0.15, -0.1) is 0 Å². The van der Waals surface area contributed by atoms with Gasteiger partial charge in [0.25, 0.3) is 5.91 Å². The van der Waals surface area contributed by atoms with Gasteiger partial charge in [0.1, 0.15) is 0 Å². The Labute approximate surface area is 127 Å². The molecular formula is C16H17BrN2O. The van der Waals surface area contributed by atoms with Gasteiger partial charge in [-0.2, -0.15) is 0 Å². The van der Waals surface area contributed by atoms with Crippen molar-refractivity contribution >= 4 is 33.2 Å². The van der Waals surface area contributed by atoms with Gasteiger partial charge in [0.15, 0.2) is 0 Å². The van der Waals surface area contributed by atoms with E-state index >= 15 is 0 Å². The number of nitrogens with one attached hydrogen (secondary N) is 1. The van der Waals surface area contributed by atoms with Crippen LogP contribution in [-0.2, 0) is 0 Å². The number of rotatable bonds is 2. The molecule has 0 aliphatic carbocycles. The highest BCUT2D eigenvalue weighted by Gasteiger charge is 2.13. The van der Waals surface area contributed by atoms with Crippen LogP contribution >= 0.6 is 15.9 Å². The van der Waals surface area contributed by atoms with Crippen LogP contribution in [0.5, 0.6) is 0 Å². The minimum Gasteiger partial charge on any atom is -0.399 e. The number of nitrogen functional groups attached to an aromatic ring is 1. The maximum Gasteiger partial charge on any atom is 0.256 e. The van der Waals surface area contributed by atoms with E-state index in [-0.39, 0.29) is 5.91 Å². The molecule has 0 saturated carbocycles. The highest BCUT2D eigenvalue weighted by molar-refractivity contribution is 9.10. The summed E-state index contributed by atoms with van der Waals surface area (Å²) in [6, 6.07) is 9.41. The molecule has 2 aromatic rings. The van der Waals surface area contributed by atoms with Crippen molar-refractivity contribution in [1.29, 1.82) is 0 Å². The summed E-state index contributed by atoms with van der Waals surface area (Å²) in [5.41, 5.74) is 10.9. The van der Waals surface area contributed by atoms with Crippen molar-refractivity contribution in [2.75, 3.05) is 11.1 Å². The van der Waals surface area contributed by atoms with E-state index in [1.807, 2.05) is 51.1 Å². The Kier molecular flexibility index (Phi) is 4.14. The molecule has 0 aromatic heterocycles. The summed E-state index contributed by atoms with van der Waals surface area (Å²) in [6.45, 7) is 5.83. The number of aryl methyl sites for hydroxylation is 3. The molecule has 4 heteroatoms. The maximum atomic E-state index is 12.4. The first kappa shape index (κ1) is 14.6. The third-order valence-corrected chi connectivity index (χ3v) is 3.85. The number of nitrogens with two attached hydrogens (primary N) is 1. The topological polar surface area (TPSA) is 55.1 Å². The summed E-state index contributed by atoms with van der Waals surface area (Å²) in [5, 5.41) is 2.97. The summed E-state index contributed by atoms with van der Waals surface area (Å²) >= 11 is 3.41. The number of halogens is 1. The van der Waals surface area contributed by atoms with E-state index in [9.17, 15) is 4.79 Å². The van der Waals surface area contributed by atoms with Crippen LogP contribution in [0.3, 0.4) is 0 Å². The minimum absolute atomic E-state index is 0.128. The second kappa shape index (κ2) is 5.67. The molecule has 0 fully saturated rings. The van der Waals surface area contributed by atoms with E-state index in [0.717, 1.165) is 26.9 Å². The fourth-order valence-corrected chi connectivity index (χ4v) is 2.61. The first-order valence-corrected chi connectivity index (χ1v) is 7.12. The lowest BCUT2D eigenvalue weighted by Crippen LogP contribution is -2.14. The lowest BCUT2D eigenvalue weighted by molar-refractivity contribution is 0.102. The molecule has 2 rings (SSSR count). The van der Waals surface area contributed by atoms with E-state index in [2.05, 4.69) is 21.2 Å². The van der Waals surface area contributed by atoms with E-state index < -0.39 is 0 Å². The van der Waals surface area contributed by atoms with E-state index in [4.69, 9.17) is 5.73 Å². The Morgan fingerprint density at radius 2 is 1.70 bits per heavy atom. The maximum absolute atomic E-state index is 12.4. The minimum atomic E-state index is -0.128. The normalized spacial score (nSPS) is 10.4. The molecule has 104 valence electrons. The highest BCUT2D eigenvalue weighted by atomic mass is 79.9. The van der Waals surface area contributed by atoms with Gasteiger partial charge >= 0.3 is 0 Å². The van der Waals surface area contributed by atoms with Crippen LogP contribution in [0.4, 0.5) is 11.4 Å². The smallest absolute Gasteiger partial charge is 0.256 e. The predicted molar refractivity (Wildman–Crippen MR) is 87.2 cm³/mol. The molecule has 3 N–H and O–H groups in total. The van der Waals surface area contributed by atoms with Crippen molar-refractivity contribution in [2.45, 2.75) is 20.8 Å². The van der Waals surface area contributed by atoms with Crippen molar-refractivity contribution in [3.63, 3.8) is 0 Å². The summed E-state index contributed by atoms with van der Waals surface area (Å²) < 4.78 is 0.784. The molecule has 0 saturated heterocycles. The van der Waals surface area contributed by atoms with Gasteiger partial charge in [0.05, 0.1) is 5.56 Å². The number of anilines is 2. The summed E-state index contributed by atoms with van der Waals surface area (Å²) in [7, 11) is 0. The average Bonchev–Trinajstić information content (AvgIpc) is 2.36. The monoisotopic (exact) mass is 332 g/mol. The molecule has 0 radical (unpaired) electrons. The number of amides is 1. The second-order valence-corrected chi connectivity index (χ2v) is 5.82. The van der Waals surface area contributed by atoms with Crippen molar-refractivity contribution in [2.24, 2.45) is 0 Å². The Balaban J connectivity index is 2.35. The van der Waals surface area contributed by atoms with Gasteiger partial charge in [0, 0.05) is 15.8 Å². The summed E-state index contributed by atoms with van der Waals surface area (Å²) in [6.07, 6.45) is 0. The molecule has 0 unspecified atom stereocenters. The molecule has 0 atom stereocenters. The van der Waals surface area contributed by atoms with Crippen LogP contribution in [0.25, 0.3) is 0 Å². The molecule has 2 aromatic carbocycles. The first-order chi connectivity index (χ1) is 9.38. The molecule has 0 spiro atoms. The van der Waals surface area contributed by atoms with Gasteiger partial charge in [-0.1, -0.05) is 11.6 Å². The van der Waals surface area contributed by atoms with Gasteiger partial charge in [-0.3, -0.25) is 4.79 Å². The SMILES string of the molecule is Cc1ccc(Br)c(C(=O)Nc2c(C)cc(N)cc2C)c1. The van der Waals surface area contributed by atoms with Crippen LogP contribution in [0.15, 0.2) is 34.8 Å². The fourth-order valence-electron chi connectivity index (χ4n) is 2.19. The predicted octanol–water partition coefficient (Wildman–Crippen LogP) is 4.21. The van der Waals surface area contributed by atoms with Crippen molar-refractivity contribution in [3.05, 3.63) is 57.1 Å². The Morgan fingerprint density at radius 1 is 1.10 bits per heavy atom. The van der Waals surface area contributed by atoms with Gasteiger partial charge in [-0.25, -0.2) is 0 Å². The molecule has 0 aliphatic heterocycles. The van der Waals surface area contributed by atoms with E-state index in [0.29, 0.717) is 11.3 Å². The van der Waals surface area contributed by atoms with Crippen molar-refractivity contribution < 1.29 is 4.79 Å². The molecule has 20 heavy (non-hydrogen) atoms. The Morgan fingerprint density at radius 3 is 2.30 bits per heavy atom. The number of benzene rings is 2. The van der Waals surface area contributed by atoms with E-state index in [1.165, 1.54) is 0 Å². The zero-order valence-corrected chi connectivity index (χ0v) is 13.3. The second-order valence-electron chi connectivity index (χ2n) is 4.97. The van der Waals surface area contributed by atoms with Crippen LogP contribution < -0.4 is 11.1 Å².